The van der Waals surface area contributed by atoms with Gasteiger partial charge in [-0.25, -0.2) is 8.78 Å². The lowest BCUT2D eigenvalue weighted by Crippen LogP contribution is -2.53. The molecule has 1 amide bonds. The van der Waals surface area contributed by atoms with Gasteiger partial charge in [-0.1, -0.05) is 57.2 Å². The van der Waals surface area contributed by atoms with Crippen molar-refractivity contribution in [1.29, 1.82) is 0 Å². The molecule has 2 aromatic rings. The second kappa shape index (κ2) is 11.0. The average molecular weight is 485 g/mol. The zero-order valence-electron chi connectivity index (χ0n) is 21.3. The maximum absolute atomic E-state index is 13.7. The highest BCUT2D eigenvalue weighted by atomic mass is 19.1. The Balaban J connectivity index is 1.83. The van der Waals surface area contributed by atoms with Crippen LogP contribution in [0.3, 0.4) is 0 Å². The number of carbonyl (C=O) groups excluding carboxylic acids is 1. The molecule has 3 N–H and O–H groups in total. The SMILES string of the molecule is C=C1CCC(NC[C@@H](O)[C@@H](Cc2cc(F)cc(F)c2)NC(C)=O)(c2cccc(C(C)(C)C)c2)CC1. The van der Waals surface area contributed by atoms with Crippen LogP contribution < -0.4 is 10.6 Å². The van der Waals surface area contributed by atoms with E-state index in [2.05, 4.69) is 62.2 Å². The minimum Gasteiger partial charge on any atom is -0.390 e. The third-order valence-electron chi connectivity index (χ3n) is 6.97. The third-order valence-corrected chi connectivity index (χ3v) is 6.97. The number of allylic oxidation sites excluding steroid dienone is 1. The molecule has 0 aromatic heterocycles. The summed E-state index contributed by atoms with van der Waals surface area (Å²) < 4.78 is 27.4. The number of aliphatic hydroxyl groups is 1. The van der Waals surface area contributed by atoms with Gasteiger partial charge < -0.3 is 15.7 Å². The first-order valence-corrected chi connectivity index (χ1v) is 12.3. The summed E-state index contributed by atoms with van der Waals surface area (Å²) in [5.41, 5.74) is 3.68. The predicted molar refractivity (Wildman–Crippen MR) is 136 cm³/mol. The predicted octanol–water partition coefficient (Wildman–Crippen LogP) is 5.29. The largest absolute Gasteiger partial charge is 0.390 e. The van der Waals surface area contributed by atoms with Crippen molar-refractivity contribution in [3.05, 3.63) is 82.9 Å². The van der Waals surface area contributed by atoms with Crippen LogP contribution in [0.5, 0.6) is 0 Å². The van der Waals surface area contributed by atoms with E-state index in [1.165, 1.54) is 35.8 Å². The second-order valence-corrected chi connectivity index (χ2v) is 10.9. The van der Waals surface area contributed by atoms with Crippen molar-refractivity contribution in [2.45, 2.75) is 82.9 Å². The summed E-state index contributed by atoms with van der Waals surface area (Å²) in [6.45, 7) is 12.3. The number of amides is 1. The maximum Gasteiger partial charge on any atom is 0.217 e. The molecule has 0 aliphatic heterocycles. The van der Waals surface area contributed by atoms with Crippen LogP contribution in [0.1, 0.15) is 70.1 Å². The van der Waals surface area contributed by atoms with Crippen molar-refractivity contribution in [3.8, 4) is 0 Å². The topological polar surface area (TPSA) is 61.4 Å². The Morgan fingerprint density at radius 3 is 2.31 bits per heavy atom. The molecular formula is C29H38F2N2O2. The lowest BCUT2D eigenvalue weighted by Gasteiger charge is -2.41. The first kappa shape index (κ1) is 27.0. The molecule has 0 spiro atoms. The van der Waals surface area contributed by atoms with Crippen LogP contribution in [0.4, 0.5) is 8.78 Å². The monoisotopic (exact) mass is 484 g/mol. The van der Waals surface area contributed by atoms with Crippen LogP contribution in [-0.4, -0.2) is 29.7 Å². The standard InChI is InChI=1S/C29H38F2N2O2/c1-19-9-11-29(12-10-19,23-8-6-7-22(16-23)28(3,4)5)32-18-27(35)26(33-20(2)34)15-21-13-24(30)17-25(31)14-21/h6-8,13-14,16-17,26-27,32,35H,1,9-12,15,18H2,2-5H3,(H,33,34)/t26-,27-/m1/s1. The van der Waals surface area contributed by atoms with Crippen LogP contribution in [0, 0.1) is 11.6 Å². The molecule has 0 saturated heterocycles. The smallest absolute Gasteiger partial charge is 0.217 e. The molecule has 0 bridgehead atoms. The van der Waals surface area contributed by atoms with E-state index < -0.39 is 23.8 Å². The fourth-order valence-corrected chi connectivity index (χ4v) is 4.85. The van der Waals surface area contributed by atoms with Crippen LogP contribution in [0.15, 0.2) is 54.6 Å². The van der Waals surface area contributed by atoms with Crippen molar-refractivity contribution in [3.63, 3.8) is 0 Å². The molecule has 4 nitrogen and oxygen atoms in total. The molecule has 3 rings (SSSR count). The summed E-state index contributed by atoms with van der Waals surface area (Å²) in [6.07, 6.45) is 2.64. The lowest BCUT2D eigenvalue weighted by atomic mass is 9.73. The molecule has 1 saturated carbocycles. The first-order valence-electron chi connectivity index (χ1n) is 12.3. The van der Waals surface area contributed by atoms with Crippen LogP contribution in [0.25, 0.3) is 0 Å². The van der Waals surface area contributed by atoms with Gasteiger partial charge in [0.1, 0.15) is 11.6 Å². The summed E-state index contributed by atoms with van der Waals surface area (Å²) in [5, 5.41) is 17.5. The molecule has 6 heteroatoms. The van der Waals surface area contributed by atoms with Gasteiger partial charge in [0.15, 0.2) is 0 Å². The van der Waals surface area contributed by atoms with E-state index in [4.69, 9.17) is 0 Å². The van der Waals surface area contributed by atoms with E-state index in [1.54, 1.807) is 0 Å². The van der Waals surface area contributed by atoms with Crippen LogP contribution >= 0.6 is 0 Å². The van der Waals surface area contributed by atoms with Crippen molar-refractivity contribution in [2.24, 2.45) is 0 Å². The lowest BCUT2D eigenvalue weighted by molar-refractivity contribution is -0.120. The zero-order chi connectivity index (χ0) is 25.8. The highest BCUT2D eigenvalue weighted by molar-refractivity contribution is 5.73. The molecule has 0 radical (unpaired) electrons. The fraction of sp³-hybridized carbons (Fsp3) is 0.483. The van der Waals surface area contributed by atoms with Gasteiger partial charge in [0.25, 0.3) is 0 Å². The second-order valence-electron chi connectivity index (χ2n) is 10.9. The molecule has 1 aliphatic carbocycles. The Morgan fingerprint density at radius 2 is 1.74 bits per heavy atom. The summed E-state index contributed by atoms with van der Waals surface area (Å²) >= 11 is 0. The molecular weight excluding hydrogens is 446 g/mol. The molecule has 1 aliphatic rings. The number of aliphatic hydroxyl groups excluding tert-OH is 1. The Labute approximate surface area is 207 Å². The van der Waals surface area contributed by atoms with E-state index >= 15 is 0 Å². The summed E-state index contributed by atoms with van der Waals surface area (Å²) in [4.78, 5) is 11.8. The highest BCUT2D eigenvalue weighted by Gasteiger charge is 2.36. The Hall–Kier alpha value is -2.57. The molecule has 35 heavy (non-hydrogen) atoms. The number of halogens is 2. The Bertz CT molecular complexity index is 1030. The average Bonchev–Trinajstić information content (AvgIpc) is 2.77. The van der Waals surface area contributed by atoms with E-state index in [0.29, 0.717) is 5.56 Å². The van der Waals surface area contributed by atoms with Gasteiger partial charge in [0.05, 0.1) is 12.1 Å². The molecule has 2 aromatic carbocycles. The normalized spacial score (nSPS) is 17.6. The van der Waals surface area contributed by atoms with Gasteiger partial charge in [-0.15, -0.1) is 0 Å². The molecule has 0 heterocycles. The van der Waals surface area contributed by atoms with Gasteiger partial charge in [-0.2, -0.15) is 0 Å². The first-order chi connectivity index (χ1) is 16.4. The van der Waals surface area contributed by atoms with Gasteiger partial charge in [0, 0.05) is 25.1 Å². The zero-order valence-corrected chi connectivity index (χ0v) is 21.3. The van der Waals surface area contributed by atoms with E-state index in [0.717, 1.165) is 31.7 Å². The highest BCUT2D eigenvalue weighted by Crippen LogP contribution is 2.40. The summed E-state index contributed by atoms with van der Waals surface area (Å²) in [7, 11) is 0. The third kappa shape index (κ3) is 7.21. The van der Waals surface area contributed by atoms with E-state index in [9.17, 15) is 18.7 Å². The minimum atomic E-state index is -0.960. The summed E-state index contributed by atoms with van der Waals surface area (Å²) in [5.74, 6) is -1.68. The minimum absolute atomic E-state index is 0.00567. The van der Waals surface area contributed by atoms with Crippen molar-refractivity contribution < 1.29 is 18.7 Å². The van der Waals surface area contributed by atoms with Crippen LogP contribution in [-0.2, 0) is 22.2 Å². The number of hydrogen-bond acceptors (Lipinski definition) is 3. The fourth-order valence-electron chi connectivity index (χ4n) is 4.85. The maximum atomic E-state index is 13.7. The van der Waals surface area contributed by atoms with Crippen LogP contribution in [0.2, 0.25) is 0 Å². The molecule has 1 fully saturated rings. The molecule has 190 valence electrons. The Kier molecular flexibility index (Phi) is 8.50. The number of hydrogen-bond donors (Lipinski definition) is 3. The van der Waals surface area contributed by atoms with Gasteiger partial charge in [-0.05, 0) is 66.3 Å². The van der Waals surface area contributed by atoms with Gasteiger partial charge in [-0.3, -0.25) is 4.79 Å². The molecule has 0 unspecified atom stereocenters. The number of benzene rings is 2. The van der Waals surface area contributed by atoms with Gasteiger partial charge >= 0.3 is 0 Å². The Morgan fingerprint density at radius 1 is 1.11 bits per heavy atom. The number of rotatable bonds is 8. The van der Waals surface area contributed by atoms with Crippen molar-refractivity contribution in [1.82, 2.24) is 10.6 Å². The van der Waals surface area contributed by atoms with E-state index in [1.807, 2.05) is 0 Å². The number of nitrogens with one attached hydrogen (secondary N) is 2. The van der Waals surface area contributed by atoms with E-state index in [-0.39, 0.29) is 29.8 Å². The molecule has 2 atom stereocenters. The quantitative estimate of drug-likeness (QED) is 0.447. The summed E-state index contributed by atoms with van der Waals surface area (Å²) in [6, 6.07) is 11.2. The number of carbonyl (C=O) groups is 1. The van der Waals surface area contributed by atoms with Crippen molar-refractivity contribution in [2.75, 3.05) is 6.54 Å². The van der Waals surface area contributed by atoms with Crippen molar-refractivity contribution >= 4 is 5.91 Å². The van der Waals surface area contributed by atoms with Gasteiger partial charge in [0.2, 0.25) is 5.91 Å².